The zero-order valence-electron chi connectivity index (χ0n) is 7.25. The first-order valence-electron chi connectivity index (χ1n) is 4.16. The van der Waals surface area contributed by atoms with Crippen LogP contribution in [0.1, 0.15) is 13.3 Å². The molecule has 12 heavy (non-hydrogen) atoms. The molecule has 0 saturated heterocycles. The molecule has 4 heteroatoms. The highest BCUT2D eigenvalue weighted by Crippen LogP contribution is 1.93. The molecule has 0 saturated carbocycles. The highest BCUT2D eigenvalue weighted by Gasteiger charge is 1.91. The Balaban J connectivity index is 2.24. The summed E-state index contributed by atoms with van der Waals surface area (Å²) in [5, 5.41) is 0. The van der Waals surface area contributed by atoms with Crippen molar-refractivity contribution in [3.8, 4) is 0 Å². The van der Waals surface area contributed by atoms with E-state index in [2.05, 4.69) is 4.98 Å². The van der Waals surface area contributed by atoms with E-state index >= 15 is 0 Å². The second-order valence-electron chi connectivity index (χ2n) is 2.51. The number of imidazole rings is 1. The van der Waals surface area contributed by atoms with E-state index in [4.69, 9.17) is 17.0 Å². The van der Waals surface area contributed by atoms with Crippen molar-refractivity contribution in [3.63, 3.8) is 0 Å². The fourth-order valence-corrected chi connectivity index (χ4v) is 1.23. The van der Waals surface area contributed by atoms with Gasteiger partial charge in [0.25, 0.3) is 0 Å². The first kappa shape index (κ1) is 9.48. The van der Waals surface area contributed by atoms with E-state index in [1.54, 1.807) is 0 Å². The fraction of sp³-hybridized carbons (Fsp3) is 0.625. The van der Waals surface area contributed by atoms with Crippen LogP contribution in [0.3, 0.4) is 0 Å². The van der Waals surface area contributed by atoms with E-state index in [9.17, 15) is 0 Å². The number of nitrogens with zero attached hydrogens (tertiary/aromatic N) is 1. The molecule has 1 aromatic heterocycles. The van der Waals surface area contributed by atoms with Crippen LogP contribution in [0.4, 0.5) is 0 Å². The molecule has 0 unspecified atom stereocenters. The number of hydrogen-bond donors (Lipinski definition) is 1. The Morgan fingerprint density at radius 1 is 1.67 bits per heavy atom. The summed E-state index contributed by atoms with van der Waals surface area (Å²) in [5.74, 6) is 0. The van der Waals surface area contributed by atoms with Crippen LogP contribution in [0.25, 0.3) is 0 Å². The van der Waals surface area contributed by atoms with Gasteiger partial charge in [-0.15, -0.1) is 0 Å². The molecule has 1 aromatic rings. The molecule has 1 N–H and O–H groups in total. The van der Waals surface area contributed by atoms with E-state index < -0.39 is 0 Å². The van der Waals surface area contributed by atoms with Gasteiger partial charge in [-0.3, -0.25) is 0 Å². The van der Waals surface area contributed by atoms with Crippen LogP contribution in [0.15, 0.2) is 12.4 Å². The molecular formula is C8H14N2OS. The monoisotopic (exact) mass is 186 g/mol. The highest BCUT2D eigenvalue weighted by atomic mass is 32.1. The maximum atomic E-state index is 5.21. The predicted molar refractivity (Wildman–Crippen MR) is 50.7 cm³/mol. The van der Waals surface area contributed by atoms with Crippen LogP contribution in [-0.2, 0) is 11.3 Å². The minimum atomic E-state index is 0.784. The molecule has 0 fully saturated rings. The summed E-state index contributed by atoms with van der Waals surface area (Å²) in [4.78, 5) is 2.95. The van der Waals surface area contributed by atoms with Gasteiger partial charge in [0, 0.05) is 32.2 Å². The van der Waals surface area contributed by atoms with Gasteiger partial charge >= 0.3 is 0 Å². The molecule has 0 spiro atoms. The van der Waals surface area contributed by atoms with E-state index in [1.165, 1.54) is 0 Å². The Kier molecular flexibility index (Phi) is 4.04. The average molecular weight is 186 g/mol. The Morgan fingerprint density at radius 2 is 2.50 bits per heavy atom. The van der Waals surface area contributed by atoms with Crippen molar-refractivity contribution >= 4 is 12.2 Å². The molecule has 1 rings (SSSR count). The molecule has 1 heterocycles. The van der Waals surface area contributed by atoms with Crippen LogP contribution in [0, 0.1) is 4.77 Å². The second-order valence-corrected chi connectivity index (χ2v) is 2.90. The van der Waals surface area contributed by atoms with Crippen LogP contribution in [0.2, 0.25) is 0 Å². The lowest BCUT2D eigenvalue weighted by molar-refractivity contribution is 0.141. The number of rotatable bonds is 5. The first-order valence-corrected chi connectivity index (χ1v) is 4.57. The van der Waals surface area contributed by atoms with E-state index in [0.717, 1.165) is 31.0 Å². The van der Waals surface area contributed by atoms with Crippen LogP contribution < -0.4 is 0 Å². The minimum absolute atomic E-state index is 0.784. The Labute approximate surface area is 77.4 Å². The Bertz CT molecular complexity index is 266. The normalized spacial score (nSPS) is 10.4. The van der Waals surface area contributed by atoms with Gasteiger partial charge in [0.2, 0.25) is 0 Å². The first-order chi connectivity index (χ1) is 5.84. The average Bonchev–Trinajstić information content (AvgIpc) is 2.46. The number of ether oxygens (including phenoxy) is 1. The zero-order chi connectivity index (χ0) is 8.81. The summed E-state index contributed by atoms with van der Waals surface area (Å²) in [6.07, 6.45) is 4.82. The fourth-order valence-electron chi connectivity index (χ4n) is 1.01. The molecular weight excluding hydrogens is 172 g/mol. The van der Waals surface area contributed by atoms with Crippen LogP contribution in [0.5, 0.6) is 0 Å². The summed E-state index contributed by atoms with van der Waals surface area (Å²) in [5.41, 5.74) is 0. The van der Waals surface area contributed by atoms with Gasteiger partial charge in [-0.05, 0) is 25.6 Å². The van der Waals surface area contributed by atoms with Crippen molar-refractivity contribution < 1.29 is 4.74 Å². The van der Waals surface area contributed by atoms with Gasteiger partial charge in [0.1, 0.15) is 0 Å². The molecule has 0 aromatic carbocycles. The third kappa shape index (κ3) is 2.79. The topological polar surface area (TPSA) is 29.9 Å². The van der Waals surface area contributed by atoms with Crippen molar-refractivity contribution in [2.24, 2.45) is 0 Å². The van der Waals surface area contributed by atoms with Gasteiger partial charge in [-0.25, -0.2) is 0 Å². The molecule has 0 amide bonds. The largest absolute Gasteiger partial charge is 0.382 e. The van der Waals surface area contributed by atoms with Gasteiger partial charge < -0.3 is 14.3 Å². The quantitative estimate of drug-likeness (QED) is 0.563. The number of aryl methyl sites for hydroxylation is 1. The molecule has 68 valence electrons. The lowest BCUT2D eigenvalue weighted by Gasteiger charge is -2.01. The van der Waals surface area contributed by atoms with E-state index in [-0.39, 0.29) is 0 Å². The number of aromatic nitrogens is 2. The summed E-state index contributed by atoms with van der Waals surface area (Å²) in [6.45, 7) is 4.53. The smallest absolute Gasteiger partial charge is 0.177 e. The summed E-state index contributed by atoms with van der Waals surface area (Å²) in [6, 6.07) is 0. The molecule has 0 atom stereocenters. The maximum absolute atomic E-state index is 5.21. The molecule has 0 radical (unpaired) electrons. The third-order valence-electron chi connectivity index (χ3n) is 1.61. The van der Waals surface area contributed by atoms with E-state index in [1.807, 2.05) is 23.9 Å². The molecule has 0 aliphatic carbocycles. The Hall–Kier alpha value is -0.610. The van der Waals surface area contributed by atoms with Gasteiger partial charge in [0.15, 0.2) is 4.77 Å². The summed E-state index contributed by atoms with van der Waals surface area (Å²) in [7, 11) is 0. The highest BCUT2D eigenvalue weighted by molar-refractivity contribution is 7.71. The molecule has 0 aliphatic rings. The van der Waals surface area contributed by atoms with Crippen molar-refractivity contribution in [3.05, 3.63) is 17.2 Å². The third-order valence-corrected chi connectivity index (χ3v) is 1.97. The molecule has 0 aliphatic heterocycles. The molecule has 0 bridgehead atoms. The second kappa shape index (κ2) is 5.11. The van der Waals surface area contributed by atoms with E-state index in [0.29, 0.717) is 0 Å². The van der Waals surface area contributed by atoms with Crippen molar-refractivity contribution in [2.45, 2.75) is 19.9 Å². The number of aromatic amines is 1. The van der Waals surface area contributed by atoms with Gasteiger partial charge in [-0.1, -0.05) is 0 Å². The SMILES string of the molecule is CCOCCCn1cc[nH]c1=S. The number of hydrogen-bond acceptors (Lipinski definition) is 2. The van der Waals surface area contributed by atoms with Gasteiger partial charge in [0.05, 0.1) is 0 Å². The predicted octanol–water partition coefficient (Wildman–Crippen LogP) is 1.97. The maximum Gasteiger partial charge on any atom is 0.177 e. The van der Waals surface area contributed by atoms with Crippen LogP contribution in [-0.4, -0.2) is 22.8 Å². The standard InChI is InChI=1S/C8H14N2OS/c1-2-11-7-3-5-10-6-4-9-8(10)12/h4,6H,2-3,5,7H2,1H3,(H,9,12). The van der Waals surface area contributed by atoms with Crippen LogP contribution >= 0.6 is 12.2 Å². The Morgan fingerprint density at radius 3 is 3.08 bits per heavy atom. The summed E-state index contributed by atoms with van der Waals surface area (Å²) >= 11 is 5.03. The molecule has 3 nitrogen and oxygen atoms in total. The zero-order valence-corrected chi connectivity index (χ0v) is 8.06. The van der Waals surface area contributed by atoms with Crippen molar-refractivity contribution in [1.82, 2.24) is 9.55 Å². The lowest BCUT2D eigenvalue weighted by Crippen LogP contribution is -2.01. The summed E-state index contributed by atoms with van der Waals surface area (Å²) < 4.78 is 8.01. The van der Waals surface area contributed by atoms with Crippen molar-refractivity contribution in [1.29, 1.82) is 0 Å². The number of H-pyrrole nitrogens is 1. The lowest BCUT2D eigenvalue weighted by atomic mass is 10.4. The number of nitrogens with one attached hydrogen (secondary N) is 1. The van der Waals surface area contributed by atoms with Crippen molar-refractivity contribution in [2.75, 3.05) is 13.2 Å². The minimum Gasteiger partial charge on any atom is -0.382 e. The van der Waals surface area contributed by atoms with Gasteiger partial charge in [-0.2, -0.15) is 0 Å².